The Morgan fingerprint density at radius 1 is 1.15 bits per heavy atom. The van der Waals surface area contributed by atoms with Gasteiger partial charge in [-0.2, -0.15) is 0 Å². The fourth-order valence-electron chi connectivity index (χ4n) is 3.53. The van der Waals surface area contributed by atoms with Gasteiger partial charge in [0, 0.05) is 42.7 Å². The minimum absolute atomic E-state index is 0.554. The molecule has 2 aromatic rings. The summed E-state index contributed by atoms with van der Waals surface area (Å²) in [6.07, 6.45) is 6.09. The SMILES string of the molecule is CC(C)CN1CCC(NCc2ccccc2OCc2cccnc2)CC1. The molecule has 1 aromatic carbocycles. The van der Waals surface area contributed by atoms with Gasteiger partial charge in [0.2, 0.25) is 0 Å². The van der Waals surface area contributed by atoms with E-state index in [9.17, 15) is 0 Å². The lowest BCUT2D eigenvalue weighted by Gasteiger charge is -2.33. The first-order valence-electron chi connectivity index (χ1n) is 9.76. The molecular formula is C22H31N3O. The number of rotatable bonds is 8. The summed E-state index contributed by atoms with van der Waals surface area (Å²) in [6.45, 7) is 9.64. The Morgan fingerprint density at radius 2 is 1.96 bits per heavy atom. The van der Waals surface area contributed by atoms with E-state index in [2.05, 4.69) is 47.2 Å². The summed E-state index contributed by atoms with van der Waals surface area (Å²) in [5.41, 5.74) is 2.31. The van der Waals surface area contributed by atoms with E-state index >= 15 is 0 Å². The lowest BCUT2D eigenvalue weighted by Crippen LogP contribution is -2.43. The molecule has 1 saturated heterocycles. The highest BCUT2D eigenvalue weighted by Crippen LogP contribution is 2.20. The van der Waals surface area contributed by atoms with Crippen molar-refractivity contribution in [2.75, 3.05) is 19.6 Å². The zero-order valence-corrected chi connectivity index (χ0v) is 16.0. The first-order chi connectivity index (χ1) is 12.7. The number of benzene rings is 1. The topological polar surface area (TPSA) is 37.4 Å². The number of piperidine rings is 1. The molecule has 1 aromatic heterocycles. The zero-order valence-electron chi connectivity index (χ0n) is 16.0. The van der Waals surface area contributed by atoms with Gasteiger partial charge in [-0.05, 0) is 44.0 Å². The molecule has 140 valence electrons. The van der Waals surface area contributed by atoms with Crippen molar-refractivity contribution in [3.05, 3.63) is 59.9 Å². The maximum atomic E-state index is 6.04. The van der Waals surface area contributed by atoms with Crippen LogP contribution in [0.1, 0.15) is 37.8 Å². The van der Waals surface area contributed by atoms with E-state index < -0.39 is 0 Å². The minimum atomic E-state index is 0.554. The second kappa shape index (κ2) is 9.70. The molecule has 0 unspecified atom stereocenters. The van der Waals surface area contributed by atoms with Gasteiger partial charge in [-0.3, -0.25) is 4.98 Å². The molecule has 4 nitrogen and oxygen atoms in total. The van der Waals surface area contributed by atoms with Crippen molar-refractivity contribution < 1.29 is 4.74 Å². The van der Waals surface area contributed by atoms with Crippen molar-refractivity contribution in [3.8, 4) is 5.75 Å². The summed E-state index contributed by atoms with van der Waals surface area (Å²) >= 11 is 0. The van der Waals surface area contributed by atoms with Crippen molar-refractivity contribution >= 4 is 0 Å². The van der Waals surface area contributed by atoms with Crippen LogP contribution in [0.15, 0.2) is 48.8 Å². The van der Waals surface area contributed by atoms with Crippen LogP contribution in [0, 0.1) is 5.92 Å². The van der Waals surface area contributed by atoms with Gasteiger partial charge < -0.3 is 15.0 Å². The minimum Gasteiger partial charge on any atom is -0.489 e. The standard InChI is InChI=1S/C22H31N3O/c1-18(2)16-25-12-9-21(10-13-25)24-15-20-7-3-4-8-22(20)26-17-19-6-5-11-23-14-19/h3-8,11,14,18,21,24H,9-10,12-13,15-17H2,1-2H3. The number of para-hydroxylation sites is 1. The average molecular weight is 354 g/mol. The highest BCUT2D eigenvalue weighted by atomic mass is 16.5. The lowest BCUT2D eigenvalue weighted by molar-refractivity contribution is 0.179. The summed E-state index contributed by atoms with van der Waals surface area (Å²) < 4.78 is 6.04. The molecule has 1 aliphatic rings. The molecule has 1 N–H and O–H groups in total. The number of aromatic nitrogens is 1. The summed E-state index contributed by atoms with van der Waals surface area (Å²) in [4.78, 5) is 6.74. The van der Waals surface area contributed by atoms with Crippen molar-refractivity contribution in [1.29, 1.82) is 0 Å². The largest absolute Gasteiger partial charge is 0.489 e. The molecule has 0 radical (unpaired) electrons. The third-order valence-corrected chi connectivity index (χ3v) is 4.88. The Labute approximate surface area is 157 Å². The second-order valence-electron chi connectivity index (χ2n) is 7.61. The Morgan fingerprint density at radius 3 is 2.69 bits per heavy atom. The third kappa shape index (κ3) is 5.82. The van der Waals surface area contributed by atoms with Gasteiger partial charge in [0.15, 0.2) is 0 Å². The molecule has 0 aliphatic carbocycles. The molecule has 2 heterocycles. The molecular weight excluding hydrogens is 322 g/mol. The van der Waals surface area contributed by atoms with Crippen LogP contribution in [-0.2, 0) is 13.2 Å². The molecule has 4 heteroatoms. The van der Waals surface area contributed by atoms with Crippen LogP contribution in [0.3, 0.4) is 0 Å². The van der Waals surface area contributed by atoms with E-state index in [1.807, 2.05) is 24.4 Å². The van der Waals surface area contributed by atoms with Gasteiger partial charge >= 0.3 is 0 Å². The van der Waals surface area contributed by atoms with Crippen LogP contribution < -0.4 is 10.1 Å². The number of ether oxygens (including phenoxy) is 1. The van der Waals surface area contributed by atoms with E-state index in [1.54, 1.807) is 6.20 Å². The van der Waals surface area contributed by atoms with Crippen molar-refractivity contribution in [2.24, 2.45) is 5.92 Å². The number of nitrogens with one attached hydrogen (secondary N) is 1. The zero-order chi connectivity index (χ0) is 18.2. The maximum absolute atomic E-state index is 6.04. The molecule has 26 heavy (non-hydrogen) atoms. The van der Waals surface area contributed by atoms with Gasteiger partial charge in [0.1, 0.15) is 12.4 Å². The van der Waals surface area contributed by atoms with E-state index in [1.165, 1.54) is 38.0 Å². The van der Waals surface area contributed by atoms with Crippen LogP contribution in [0.2, 0.25) is 0 Å². The number of nitrogens with zero attached hydrogens (tertiary/aromatic N) is 2. The van der Waals surface area contributed by atoms with Gasteiger partial charge in [-0.15, -0.1) is 0 Å². The van der Waals surface area contributed by atoms with Crippen molar-refractivity contribution in [2.45, 2.75) is 45.9 Å². The summed E-state index contributed by atoms with van der Waals surface area (Å²) in [5.74, 6) is 1.71. The quantitative estimate of drug-likeness (QED) is 0.782. The Bertz CT molecular complexity index is 651. The van der Waals surface area contributed by atoms with E-state index in [-0.39, 0.29) is 0 Å². The number of pyridine rings is 1. The predicted molar refractivity (Wildman–Crippen MR) is 106 cm³/mol. The van der Waals surface area contributed by atoms with Gasteiger partial charge in [0.25, 0.3) is 0 Å². The lowest BCUT2D eigenvalue weighted by atomic mass is 10.0. The van der Waals surface area contributed by atoms with Crippen LogP contribution in [0.5, 0.6) is 5.75 Å². The van der Waals surface area contributed by atoms with E-state index in [0.29, 0.717) is 12.6 Å². The first kappa shape index (κ1) is 18.9. The molecule has 0 saturated carbocycles. The molecule has 3 rings (SSSR count). The van der Waals surface area contributed by atoms with Crippen LogP contribution in [0.4, 0.5) is 0 Å². The smallest absolute Gasteiger partial charge is 0.124 e. The Kier molecular flexibility index (Phi) is 7.04. The number of hydrogen-bond donors (Lipinski definition) is 1. The summed E-state index contributed by atoms with van der Waals surface area (Å²) in [7, 11) is 0. The fraction of sp³-hybridized carbons (Fsp3) is 0.500. The van der Waals surface area contributed by atoms with E-state index in [0.717, 1.165) is 23.8 Å². The Hall–Kier alpha value is -1.91. The van der Waals surface area contributed by atoms with E-state index in [4.69, 9.17) is 4.74 Å². The molecule has 0 atom stereocenters. The van der Waals surface area contributed by atoms with Crippen LogP contribution >= 0.6 is 0 Å². The molecule has 0 bridgehead atoms. The van der Waals surface area contributed by atoms with Gasteiger partial charge in [-0.25, -0.2) is 0 Å². The highest BCUT2D eigenvalue weighted by Gasteiger charge is 2.19. The average Bonchev–Trinajstić information content (AvgIpc) is 2.67. The van der Waals surface area contributed by atoms with Gasteiger partial charge in [-0.1, -0.05) is 38.1 Å². The maximum Gasteiger partial charge on any atom is 0.124 e. The summed E-state index contributed by atoms with van der Waals surface area (Å²) in [5, 5.41) is 3.73. The van der Waals surface area contributed by atoms with Crippen LogP contribution in [0.25, 0.3) is 0 Å². The predicted octanol–water partition coefficient (Wildman–Crippen LogP) is 3.87. The number of hydrogen-bond acceptors (Lipinski definition) is 4. The van der Waals surface area contributed by atoms with Crippen LogP contribution in [-0.4, -0.2) is 35.6 Å². The number of likely N-dealkylation sites (tertiary alicyclic amines) is 1. The normalized spacial score (nSPS) is 16.1. The fourth-order valence-corrected chi connectivity index (χ4v) is 3.53. The van der Waals surface area contributed by atoms with Crippen molar-refractivity contribution in [3.63, 3.8) is 0 Å². The summed E-state index contributed by atoms with van der Waals surface area (Å²) in [6, 6.07) is 12.9. The molecule has 1 fully saturated rings. The second-order valence-corrected chi connectivity index (χ2v) is 7.61. The Balaban J connectivity index is 1.48. The highest BCUT2D eigenvalue weighted by molar-refractivity contribution is 5.33. The monoisotopic (exact) mass is 353 g/mol. The first-order valence-corrected chi connectivity index (χ1v) is 9.76. The molecule has 0 spiro atoms. The van der Waals surface area contributed by atoms with Crippen molar-refractivity contribution in [1.82, 2.24) is 15.2 Å². The van der Waals surface area contributed by atoms with Gasteiger partial charge in [0.05, 0.1) is 0 Å². The third-order valence-electron chi connectivity index (χ3n) is 4.88. The molecule has 0 amide bonds. The molecule has 1 aliphatic heterocycles.